The van der Waals surface area contributed by atoms with Crippen molar-refractivity contribution >= 4 is 11.8 Å². The molecule has 2 atom stereocenters. The van der Waals surface area contributed by atoms with E-state index in [0.29, 0.717) is 6.04 Å². The Balaban J connectivity index is 1.60. The first-order chi connectivity index (χ1) is 10.8. The molecule has 0 radical (unpaired) electrons. The monoisotopic (exact) mass is 307 g/mol. The van der Waals surface area contributed by atoms with Crippen molar-refractivity contribution in [3.63, 3.8) is 0 Å². The fourth-order valence-corrected chi connectivity index (χ4v) is 4.19. The van der Waals surface area contributed by atoms with E-state index in [1.165, 1.54) is 0 Å². The summed E-state index contributed by atoms with van der Waals surface area (Å²) in [4.78, 5) is 27.4. The quantitative estimate of drug-likeness (QED) is 0.826. The molecule has 2 aliphatic heterocycles. The lowest BCUT2D eigenvalue weighted by atomic mass is 9.77. The molecule has 3 fully saturated rings. The van der Waals surface area contributed by atoms with Gasteiger partial charge in [-0.15, -0.1) is 0 Å². The van der Waals surface area contributed by atoms with Gasteiger partial charge in [0, 0.05) is 31.0 Å². The lowest BCUT2D eigenvalue weighted by molar-refractivity contribution is -0.143. The number of rotatable bonds is 3. The minimum absolute atomic E-state index is 0.0754. The SMILES string of the molecule is O=C(NC1CCNCC1)C1CCCCC1C(=O)N1CCCC1. The van der Waals surface area contributed by atoms with Gasteiger partial charge in [-0.3, -0.25) is 9.59 Å². The van der Waals surface area contributed by atoms with E-state index in [0.717, 1.165) is 77.5 Å². The molecule has 5 heteroatoms. The Labute approximate surface area is 133 Å². The van der Waals surface area contributed by atoms with Gasteiger partial charge in [0.25, 0.3) is 0 Å². The van der Waals surface area contributed by atoms with Crippen molar-refractivity contribution in [3.8, 4) is 0 Å². The number of carbonyl (C=O) groups excluding carboxylic acids is 2. The van der Waals surface area contributed by atoms with Crippen molar-refractivity contribution in [2.24, 2.45) is 11.8 Å². The molecule has 5 nitrogen and oxygen atoms in total. The molecule has 1 saturated carbocycles. The molecule has 3 rings (SSSR count). The smallest absolute Gasteiger partial charge is 0.226 e. The predicted octanol–water partition coefficient (Wildman–Crippen LogP) is 1.28. The van der Waals surface area contributed by atoms with Gasteiger partial charge in [-0.05, 0) is 51.6 Å². The highest BCUT2D eigenvalue weighted by Crippen LogP contribution is 2.32. The van der Waals surface area contributed by atoms with Gasteiger partial charge in [-0.25, -0.2) is 0 Å². The summed E-state index contributed by atoms with van der Waals surface area (Å²) in [5, 5.41) is 6.53. The Hall–Kier alpha value is -1.10. The van der Waals surface area contributed by atoms with Gasteiger partial charge in [0.15, 0.2) is 0 Å². The largest absolute Gasteiger partial charge is 0.353 e. The molecule has 2 N–H and O–H groups in total. The molecule has 1 aliphatic carbocycles. The predicted molar refractivity (Wildman–Crippen MR) is 85.3 cm³/mol. The fraction of sp³-hybridized carbons (Fsp3) is 0.882. The first-order valence-electron chi connectivity index (χ1n) is 9.05. The number of carbonyl (C=O) groups is 2. The van der Waals surface area contributed by atoms with Crippen LogP contribution in [0.2, 0.25) is 0 Å². The number of hydrogen-bond acceptors (Lipinski definition) is 3. The number of likely N-dealkylation sites (tertiary alicyclic amines) is 1. The summed E-state index contributed by atoms with van der Waals surface area (Å²) < 4.78 is 0. The van der Waals surface area contributed by atoms with Crippen LogP contribution in [0.5, 0.6) is 0 Å². The summed E-state index contributed by atoms with van der Waals surface area (Å²) in [6.45, 7) is 3.73. The molecule has 2 amide bonds. The Bertz CT molecular complexity index is 401. The van der Waals surface area contributed by atoms with E-state index < -0.39 is 0 Å². The molecule has 22 heavy (non-hydrogen) atoms. The lowest BCUT2D eigenvalue weighted by Gasteiger charge is -2.34. The van der Waals surface area contributed by atoms with Crippen LogP contribution in [-0.2, 0) is 9.59 Å². The molecule has 0 aromatic heterocycles. The van der Waals surface area contributed by atoms with Crippen LogP contribution in [0.25, 0.3) is 0 Å². The summed E-state index contributed by atoms with van der Waals surface area (Å²) in [5.74, 6) is 0.192. The Morgan fingerprint density at radius 3 is 2.18 bits per heavy atom. The highest BCUT2D eigenvalue weighted by Gasteiger charge is 2.38. The van der Waals surface area contributed by atoms with Crippen LogP contribution < -0.4 is 10.6 Å². The minimum atomic E-state index is -0.100. The third-order valence-electron chi connectivity index (χ3n) is 5.52. The zero-order chi connectivity index (χ0) is 15.4. The van der Waals surface area contributed by atoms with Crippen LogP contribution in [0.1, 0.15) is 51.4 Å². The standard InChI is InChI=1S/C17H29N3O2/c21-16(19-13-7-9-18-10-8-13)14-5-1-2-6-15(14)17(22)20-11-3-4-12-20/h13-15,18H,1-12H2,(H,19,21). The third-order valence-corrected chi connectivity index (χ3v) is 5.52. The Kier molecular flexibility index (Phi) is 5.34. The summed E-state index contributed by atoms with van der Waals surface area (Å²) in [6, 6.07) is 0.290. The van der Waals surface area contributed by atoms with Crippen molar-refractivity contribution in [2.75, 3.05) is 26.2 Å². The molecule has 2 heterocycles. The first-order valence-corrected chi connectivity index (χ1v) is 9.05. The summed E-state index contributed by atoms with van der Waals surface area (Å²) in [7, 11) is 0. The normalized spacial score (nSPS) is 30.3. The highest BCUT2D eigenvalue weighted by molar-refractivity contribution is 5.88. The van der Waals surface area contributed by atoms with Gasteiger partial charge in [0.1, 0.15) is 0 Å². The van der Waals surface area contributed by atoms with E-state index in [1.807, 2.05) is 4.90 Å². The maximum absolute atomic E-state index is 12.7. The van der Waals surface area contributed by atoms with Crippen LogP contribution in [0.3, 0.4) is 0 Å². The van der Waals surface area contributed by atoms with Gasteiger partial charge < -0.3 is 15.5 Å². The average Bonchev–Trinajstić information content (AvgIpc) is 3.09. The highest BCUT2D eigenvalue weighted by atomic mass is 16.2. The minimum Gasteiger partial charge on any atom is -0.353 e. The van der Waals surface area contributed by atoms with Crippen LogP contribution in [0.15, 0.2) is 0 Å². The van der Waals surface area contributed by atoms with Gasteiger partial charge in [-0.1, -0.05) is 12.8 Å². The second-order valence-electron chi connectivity index (χ2n) is 7.06. The number of hydrogen-bond donors (Lipinski definition) is 2. The molecule has 0 aromatic rings. The van der Waals surface area contributed by atoms with Crippen LogP contribution in [0, 0.1) is 11.8 Å². The molecule has 2 unspecified atom stereocenters. The van der Waals surface area contributed by atoms with E-state index in [4.69, 9.17) is 0 Å². The molecular formula is C17H29N3O2. The van der Waals surface area contributed by atoms with Gasteiger partial charge >= 0.3 is 0 Å². The molecule has 0 spiro atoms. The molecule has 0 aromatic carbocycles. The number of nitrogens with zero attached hydrogens (tertiary/aromatic N) is 1. The summed E-state index contributed by atoms with van der Waals surface area (Å²) in [5.41, 5.74) is 0. The maximum atomic E-state index is 12.7. The van der Waals surface area contributed by atoms with Crippen LogP contribution in [-0.4, -0.2) is 48.9 Å². The van der Waals surface area contributed by atoms with Crippen molar-refractivity contribution in [2.45, 2.75) is 57.4 Å². The van der Waals surface area contributed by atoms with Gasteiger partial charge in [0.2, 0.25) is 11.8 Å². The van der Waals surface area contributed by atoms with Crippen LogP contribution >= 0.6 is 0 Å². The van der Waals surface area contributed by atoms with E-state index in [1.54, 1.807) is 0 Å². The van der Waals surface area contributed by atoms with Crippen molar-refractivity contribution in [3.05, 3.63) is 0 Å². The van der Waals surface area contributed by atoms with E-state index in [-0.39, 0.29) is 23.7 Å². The second kappa shape index (κ2) is 7.44. The van der Waals surface area contributed by atoms with Crippen molar-refractivity contribution < 1.29 is 9.59 Å². The Morgan fingerprint density at radius 2 is 1.50 bits per heavy atom. The summed E-state index contributed by atoms with van der Waals surface area (Å²) in [6.07, 6.45) is 8.16. The summed E-state index contributed by atoms with van der Waals surface area (Å²) >= 11 is 0. The van der Waals surface area contributed by atoms with E-state index in [2.05, 4.69) is 10.6 Å². The van der Waals surface area contributed by atoms with Crippen molar-refractivity contribution in [1.29, 1.82) is 0 Å². The van der Waals surface area contributed by atoms with Crippen LogP contribution in [0.4, 0.5) is 0 Å². The molecule has 3 aliphatic rings. The van der Waals surface area contributed by atoms with Crippen molar-refractivity contribution in [1.82, 2.24) is 15.5 Å². The van der Waals surface area contributed by atoms with Gasteiger partial charge in [-0.2, -0.15) is 0 Å². The molecular weight excluding hydrogens is 278 g/mol. The molecule has 0 bridgehead atoms. The fourth-order valence-electron chi connectivity index (χ4n) is 4.19. The first kappa shape index (κ1) is 15.8. The third kappa shape index (κ3) is 3.62. The number of nitrogens with one attached hydrogen (secondary N) is 2. The topological polar surface area (TPSA) is 61.4 Å². The van der Waals surface area contributed by atoms with E-state index >= 15 is 0 Å². The number of piperidine rings is 1. The Morgan fingerprint density at radius 1 is 0.864 bits per heavy atom. The molecule has 124 valence electrons. The maximum Gasteiger partial charge on any atom is 0.226 e. The van der Waals surface area contributed by atoms with Gasteiger partial charge in [0.05, 0.1) is 0 Å². The zero-order valence-electron chi connectivity index (χ0n) is 13.5. The molecule has 2 saturated heterocycles. The average molecular weight is 307 g/mol. The zero-order valence-corrected chi connectivity index (χ0v) is 13.5. The second-order valence-corrected chi connectivity index (χ2v) is 7.06. The van der Waals surface area contributed by atoms with E-state index in [9.17, 15) is 9.59 Å². The number of amides is 2. The lowest BCUT2D eigenvalue weighted by Crippen LogP contribution is -2.49.